The molecule has 3 heterocycles. The van der Waals surface area contributed by atoms with Gasteiger partial charge < -0.3 is 14.4 Å². The Balaban J connectivity index is 1.45. The van der Waals surface area contributed by atoms with Crippen molar-refractivity contribution < 1.29 is 9.47 Å². The number of aromatic nitrogens is 4. The van der Waals surface area contributed by atoms with Gasteiger partial charge in [-0.3, -0.25) is 4.98 Å². The molecule has 2 fully saturated rings. The lowest BCUT2D eigenvalue weighted by Crippen LogP contribution is -2.34. The van der Waals surface area contributed by atoms with Gasteiger partial charge in [-0.2, -0.15) is 9.61 Å². The first-order chi connectivity index (χ1) is 23.4. The number of ether oxygens (including phenoxy) is 2. The molecule has 0 amide bonds. The summed E-state index contributed by atoms with van der Waals surface area (Å²) in [5.41, 5.74) is 8.19. The molecule has 0 aliphatic heterocycles. The second kappa shape index (κ2) is 15.0. The highest BCUT2D eigenvalue weighted by molar-refractivity contribution is 6.76. The SMILES string of the molecule is C=C(C)c1c(C2C[C@H]3CC[C@@H](C2)C3)nc2c(-c3ccc(-c4ccccc4)nc3)cnn2c1N(COCC[Si](C)(C)C)COCC[Si](C)(C)C. The van der Waals surface area contributed by atoms with E-state index < -0.39 is 16.1 Å². The van der Waals surface area contributed by atoms with Crippen molar-refractivity contribution in [2.75, 3.05) is 31.6 Å². The molecule has 9 heteroatoms. The van der Waals surface area contributed by atoms with Crippen LogP contribution in [0.1, 0.15) is 56.2 Å². The van der Waals surface area contributed by atoms with Crippen molar-refractivity contribution in [2.24, 2.45) is 11.8 Å². The van der Waals surface area contributed by atoms with Gasteiger partial charge >= 0.3 is 0 Å². The maximum absolute atomic E-state index is 6.47. The lowest BCUT2D eigenvalue weighted by atomic mass is 9.77. The number of hydrogen-bond acceptors (Lipinski definition) is 6. The highest BCUT2D eigenvalue weighted by Gasteiger charge is 2.38. The van der Waals surface area contributed by atoms with Crippen molar-refractivity contribution in [2.45, 2.75) is 96.3 Å². The summed E-state index contributed by atoms with van der Waals surface area (Å²) in [5.74, 6) is 2.94. The van der Waals surface area contributed by atoms with Crippen LogP contribution >= 0.6 is 0 Å². The monoisotopic (exact) mass is 695 g/mol. The van der Waals surface area contributed by atoms with E-state index in [9.17, 15) is 0 Å². The maximum atomic E-state index is 6.47. The van der Waals surface area contributed by atoms with Crippen LogP contribution in [0.25, 0.3) is 33.6 Å². The molecule has 49 heavy (non-hydrogen) atoms. The minimum atomic E-state index is -1.25. The van der Waals surface area contributed by atoms with E-state index in [2.05, 4.69) is 94.1 Å². The average molecular weight is 696 g/mol. The molecule has 262 valence electrons. The summed E-state index contributed by atoms with van der Waals surface area (Å²) < 4.78 is 15.0. The molecule has 0 spiro atoms. The van der Waals surface area contributed by atoms with Crippen molar-refractivity contribution >= 4 is 33.2 Å². The second-order valence-corrected chi connectivity index (χ2v) is 28.3. The van der Waals surface area contributed by atoms with E-state index in [0.29, 0.717) is 19.4 Å². The summed E-state index contributed by atoms with van der Waals surface area (Å²) >= 11 is 0. The number of hydrogen-bond donors (Lipinski definition) is 0. The Morgan fingerprint density at radius 2 is 1.47 bits per heavy atom. The van der Waals surface area contributed by atoms with Crippen LogP contribution in [0.5, 0.6) is 0 Å². The maximum Gasteiger partial charge on any atom is 0.165 e. The molecular formula is C40H57N5O2Si2. The standard InChI is InChI=1S/C40H57N5O2Si2/c1-29(2)37-38(34-23-30-14-15-31(22-30)24-34)43-39-35(33-16-17-36(41-25-33)32-12-10-9-11-13-32)26-42-45(39)40(37)44(27-46-18-20-48(3,4)5)28-47-19-21-49(6,7)8/h9-13,16-17,25-26,30-31,34H,1,14-15,18-24,27-28H2,2-8H3/t30-,31+,34?. The first-order valence-electron chi connectivity index (χ1n) is 18.4. The molecule has 0 saturated heterocycles. The van der Waals surface area contributed by atoms with Crippen molar-refractivity contribution in [3.05, 3.63) is 72.7 Å². The molecular weight excluding hydrogens is 639 g/mol. The quantitative estimate of drug-likeness (QED) is 0.0701. The number of benzene rings is 1. The van der Waals surface area contributed by atoms with Gasteiger partial charge in [0.05, 0.1) is 17.6 Å². The third-order valence-electron chi connectivity index (χ3n) is 10.3. The third-order valence-corrected chi connectivity index (χ3v) is 13.7. The predicted octanol–water partition coefficient (Wildman–Crippen LogP) is 10.2. The lowest BCUT2D eigenvalue weighted by Gasteiger charge is -2.33. The number of fused-ring (bicyclic) bond motifs is 3. The van der Waals surface area contributed by atoms with Crippen LogP contribution in [0.15, 0.2) is 61.4 Å². The van der Waals surface area contributed by atoms with E-state index in [1.165, 1.54) is 32.1 Å². The normalized spacial score (nSPS) is 19.4. The smallest absolute Gasteiger partial charge is 0.165 e. The molecule has 7 nitrogen and oxygen atoms in total. The van der Waals surface area contributed by atoms with E-state index in [4.69, 9.17) is 24.5 Å². The Bertz CT molecular complexity index is 1690. The van der Waals surface area contributed by atoms with Crippen molar-refractivity contribution in [3.63, 3.8) is 0 Å². The number of pyridine rings is 1. The number of rotatable bonds is 15. The van der Waals surface area contributed by atoms with Crippen LogP contribution in [0, 0.1) is 11.8 Å². The summed E-state index contributed by atoms with van der Waals surface area (Å²) in [4.78, 5) is 12.7. The summed E-state index contributed by atoms with van der Waals surface area (Å²) in [6.45, 7) is 23.4. The molecule has 0 N–H and O–H groups in total. The van der Waals surface area contributed by atoms with Gasteiger partial charge in [0.25, 0.3) is 0 Å². The van der Waals surface area contributed by atoms with Gasteiger partial charge in [-0.05, 0) is 61.7 Å². The molecule has 2 aliphatic carbocycles. The summed E-state index contributed by atoms with van der Waals surface area (Å²) in [6, 6.07) is 16.8. The molecule has 0 radical (unpaired) electrons. The zero-order valence-electron chi connectivity index (χ0n) is 31.0. The van der Waals surface area contributed by atoms with Crippen LogP contribution in [0.2, 0.25) is 51.4 Å². The average Bonchev–Trinajstić information content (AvgIpc) is 3.64. The van der Waals surface area contributed by atoms with E-state index >= 15 is 0 Å². The van der Waals surface area contributed by atoms with Gasteiger partial charge in [0.2, 0.25) is 0 Å². The molecule has 2 bridgehead atoms. The summed E-state index contributed by atoms with van der Waals surface area (Å²) in [6.07, 6.45) is 10.4. The highest BCUT2D eigenvalue weighted by Crippen LogP contribution is 2.50. The Morgan fingerprint density at radius 3 is 2.02 bits per heavy atom. The highest BCUT2D eigenvalue weighted by atomic mass is 28.3. The number of anilines is 1. The van der Waals surface area contributed by atoms with Crippen molar-refractivity contribution in [3.8, 4) is 22.4 Å². The molecule has 1 aromatic carbocycles. The lowest BCUT2D eigenvalue weighted by molar-refractivity contribution is 0.0941. The van der Waals surface area contributed by atoms with Crippen LogP contribution in [-0.2, 0) is 9.47 Å². The summed E-state index contributed by atoms with van der Waals surface area (Å²) in [5, 5.41) is 5.05. The zero-order chi connectivity index (χ0) is 34.8. The number of nitrogens with zero attached hydrogens (tertiary/aromatic N) is 5. The Kier molecular flexibility index (Phi) is 10.9. The Labute approximate surface area is 296 Å². The third kappa shape index (κ3) is 8.79. The van der Waals surface area contributed by atoms with Crippen molar-refractivity contribution in [1.82, 2.24) is 19.6 Å². The topological polar surface area (TPSA) is 64.8 Å². The molecule has 3 atom stereocenters. The molecule has 2 saturated carbocycles. The van der Waals surface area contributed by atoms with Crippen LogP contribution < -0.4 is 4.90 Å². The van der Waals surface area contributed by atoms with Gasteiger partial charge in [0, 0.05) is 63.7 Å². The van der Waals surface area contributed by atoms with Crippen LogP contribution in [0.4, 0.5) is 5.82 Å². The van der Waals surface area contributed by atoms with Gasteiger partial charge in [-0.25, -0.2) is 4.98 Å². The number of allylic oxidation sites excluding steroid dienone is 1. The predicted molar refractivity (Wildman–Crippen MR) is 210 cm³/mol. The minimum absolute atomic E-state index is 0.394. The molecule has 3 aromatic heterocycles. The Morgan fingerprint density at radius 1 is 0.837 bits per heavy atom. The van der Waals surface area contributed by atoms with E-state index in [1.54, 1.807) is 0 Å². The fourth-order valence-corrected chi connectivity index (χ4v) is 9.04. The van der Waals surface area contributed by atoms with Crippen LogP contribution in [0.3, 0.4) is 0 Å². The fraction of sp³-hybridized carbons (Fsp3) is 0.525. The Hall–Kier alpha value is -3.12. The van der Waals surface area contributed by atoms with E-state index in [-0.39, 0.29) is 0 Å². The summed E-state index contributed by atoms with van der Waals surface area (Å²) in [7, 11) is -2.50. The zero-order valence-corrected chi connectivity index (χ0v) is 33.0. The first-order valence-corrected chi connectivity index (χ1v) is 25.8. The van der Waals surface area contributed by atoms with Gasteiger partial charge in [0.15, 0.2) is 5.65 Å². The van der Waals surface area contributed by atoms with Crippen molar-refractivity contribution in [1.29, 1.82) is 0 Å². The fourth-order valence-electron chi connectivity index (χ4n) is 7.53. The van der Waals surface area contributed by atoms with E-state index in [1.807, 2.05) is 23.0 Å². The first kappa shape index (κ1) is 35.7. The second-order valence-electron chi connectivity index (χ2n) is 17.0. The van der Waals surface area contributed by atoms with Crippen LogP contribution in [-0.4, -0.2) is 62.4 Å². The molecule has 2 aliphatic rings. The van der Waals surface area contributed by atoms with E-state index in [0.717, 1.165) is 87.8 Å². The van der Waals surface area contributed by atoms with Gasteiger partial charge in [-0.15, -0.1) is 0 Å². The van der Waals surface area contributed by atoms with Gasteiger partial charge in [0.1, 0.15) is 19.3 Å². The molecule has 6 rings (SSSR count). The molecule has 4 aromatic rings. The largest absolute Gasteiger partial charge is 0.361 e. The van der Waals surface area contributed by atoms with Gasteiger partial charge in [-0.1, -0.05) is 95.1 Å². The minimum Gasteiger partial charge on any atom is -0.361 e. The molecule has 1 unspecified atom stereocenters.